The lowest BCUT2D eigenvalue weighted by atomic mass is 9.95. The van der Waals surface area contributed by atoms with Crippen LogP contribution >= 0.6 is 0 Å². The van der Waals surface area contributed by atoms with Gasteiger partial charge >= 0.3 is 0 Å². The number of nitrogens with one attached hydrogen (secondary N) is 1. The Kier molecular flexibility index (Phi) is 7.82. The van der Waals surface area contributed by atoms with Crippen LogP contribution in [0.5, 0.6) is 0 Å². The van der Waals surface area contributed by atoms with Crippen LogP contribution in [0.15, 0.2) is 152 Å². The molecule has 1 aromatic heterocycles. The molecule has 0 aliphatic heterocycles. The average Bonchev–Trinajstić information content (AvgIpc) is 3.51. The van der Waals surface area contributed by atoms with Gasteiger partial charge < -0.3 is 9.88 Å². The topological polar surface area (TPSA) is 88.3 Å². The molecule has 0 unspecified atom stereocenters. The number of anilines is 2. The Hall–Kier alpha value is -7.39. The van der Waals surface area contributed by atoms with E-state index in [1.165, 1.54) is 0 Å². The van der Waals surface area contributed by atoms with E-state index in [-0.39, 0.29) is 0 Å². The van der Waals surface area contributed by atoms with Crippen molar-refractivity contribution in [2.24, 2.45) is 0 Å². The molecule has 0 fully saturated rings. The van der Waals surface area contributed by atoms with Gasteiger partial charge in [0.1, 0.15) is 0 Å². The second-order valence-corrected chi connectivity index (χ2v) is 12.5. The first-order valence-electron chi connectivity index (χ1n) is 16.6. The van der Waals surface area contributed by atoms with Gasteiger partial charge in [-0.2, -0.15) is 15.8 Å². The van der Waals surface area contributed by atoms with E-state index in [4.69, 9.17) is 0 Å². The Morgan fingerprint density at radius 3 is 2.00 bits per heavy atom. The van der Waals surface area contributed by atoms with Crippen LogP contribution in [-0.2, 0) is 0 Å². The van der Waals surface area contributed by atoms with Crippen molar-refractivity contribution in [3.8, 4) is 57.3 Å². The molecule has 5 nitrogen and oxygen atoms in total. The molecule has 0 saturated carbocycles. The monoisotopic (exact) mass is 651 g/mol. The number of aromatic nitrogens is 1. The summed E-state index contributed by atoms with van der Waals surface area (Å²) in [6.07, 6.45) is 0. The van der Waals surface area contributed by atoms with Crippen molar-refractivity contribution in [3.63, 3.8) is 0 Å². The third-order valence-electron chi connectivity index (χ3n) is 9.38. The second-order valence-electron chi connectivity index (χ2n) is 12.5. The molecule has 0 spiro atoms. The van der Waals surface area contributed by atoms with Gasteiger partial charge in [0.2, 0.25) is 0 Å². The molecule has 7 aromatic carbocycles. The first-order valence-corrected chi connectivity index (χ1v) is 16.6. The van der Waals surface area contributed by atoms with Crippen LogP contribution in [0.3, 0.4) is 0 Å². The summed E-state index contributed by atoms with van der Waals surface area (Å²) in [6.45, 7) is 2.05. The van der Waals surface area contributed by atoms with Crippen molar-refractivity contribution in [1.82, 2.24) is 4.57 Å². The van der Waals surface area contributed by atoms with Crippen molar-refractivity contribution in [1.29, 1.82) is 15.8 Å². The Morgan fingerprint density at radius 2 is 1.16 bits per heavy atom. The van der Waals surface area contributed by atoms with Gasteiger partial charge in [-0.05, 0) is 114 Å². The zero-order valence-corrected chi connectivity index (χ0v) is 27.7. The quantitative estimate of drug-likeness (QED) is 0.194. The molecule has 5 heteroatoms. The fourth-order valence-corrected chi connectivity index (χ4v) is 6.97. The molecule has 0 atom stereocenters. The van der Waals surface area contributed by atoms with Crippen LogP contribution in [0.25, 0.3) is 60.9 Å². The maximum atomic E-state index is 10.2. The molecule has 8 aromatic rings. The van der Waals surface area contributed by atoms with Crippen molar-refractivity contribution in [3.05, 3.63) is 174 Å². The van der Waals surface area contributed by atoms with E-state index in [0.717, 1.165) is 77.8 Å². The molecule has 0 aliphatic rings. The molecule has 0 saturated heterocycles. The molecule has 1 N–H and O–H groups in total. The average molecular weight is 652 g/mol. The fourth-order valence-electron chi connectivity index (χ4n) is 6.97. The molecular weight excluding hydrogens is 623 g/mol. The summed E-state index contributed by atoms with van der Waals surface area (Å²) in [5.41, 5.74) is 13.6. The van der Waals surface area contributed by atoms with Gasteiger partial charge in [-0.15, -0.1) is 0 Å². The molecule has 1 heterocycles. The molecule has 0 radical (unpaired) electrons. The molecular formula is C46H29N5. The highest BCUT2D eigenvalue weighted by molar-refractivity contribution is 6.10. The van der Waals surface area contributed by atoms with E-state index in [9.17, 15) is 15.8 Å². The van der Waals surface area contributed by atoms with E-state index in [2.05, 4.69) is 83.5 Å². The highest BCUT2D eigenvalue weighted by Gasteiger charge is 2.17. The Morgan fingerprint density at radius 1 is 0.471 bits per heavy atom. The van der Waals surface area contributed by atoms with Crippen molar-refractivity contribution < 1.29 is 0 Å². The minimum atomic E-state index is 0.565. The number of benzene rings is 7. The third kappa shape index (κ3) is 5.64. The highest BCUT2D eigenvalue weighted by Crippen LogP contribution is 2.39. The number of hydrogen-bond donors (Lipinski definition) is 1. The highest BCUT2D eigenvalue weighted by atomic mass is 15.0. The van der Waals surface area contributed by atoms with Crippen LogP contribution in [0.1, 0.15) is 22.3 Å². The number of aryl methyl sites for hydroxylation is 1. The molecule has 51 heavy (non-hydrogen) atoms. The van der Waals surface area contributed by atoms with Gasteiger partial charge in [-0.25, -0.2) is 0 Å². The van der Waals surface area contributed by atoms with Gasteiger partial charge in [0.15, 0.2) is 0 Å². The predicted molar refractivity (Wildman–Crippen MR) is 206 cm³/mol. The lowest BCUT2D eigenvalue weighted by Gasteiger charge is -2.16. The summed E-state index contributed by atoms with van der Waals surface area (Å²) in [4.78, 5) is 0. The summed E-state index contributed by atoms with van der Waals surface area (Å²) in [7, 11) is 0. The van der Waals surface area contributed by atoms with Crippen molar-refractivity contribution in [2.45, 2.75) is 6.92 Å². The van der Waals surface area contributed by atoms with Crippen molar-refractivity contribution in [2.75, 3.05) is 5.32 Å². The Labute approximate surface area is 296 Å². The number of fused-ring (bicyclic) bond motifs is 3. The van der Waals surface area contributed by atoms with E-state index in [1.54, 1.807) is 0 Å². The number of rotatable bonds is 6. The SMILES string of the molecule is Cc1ccc(C#N)cc1-c1ccccc1Nc1cccc(-c2cc(C#N)cc(-c3ccccc3-n3c4ccccc4c4cc(C#N)ccc43)c2)c1. The first kappa shape index (κ1) is 30.9. The standard InChI is InChI=1S/C46H29N5/c1-30-17-18-31(27-47)23-41(30)39-12-2-5-14-43(39)50-37-10-8-9-34(26-37)35-21-33(29-49)22-36(25-35)38-11-3-6-15-44(38)51-45-16-7-4-13-40(45)42-24-32(28-48)19-20-46(42)51/h2-26,50H,1H3. The van der Waals surface area contributed by atoms with Gasteiger partial charge in [0.05, 0.1) is 51.6 Å². The van der Waals surface area contributed by atoms with E-state index in [1.807, 2.05) is 103 Å². The number of para-hydroxylation sites is 3. The summed E-state index contributed by atoms with van der Waals surface area (Å²) in [6, 6.07) is 57.4. The van der Waals surface area contributed by atoms with Crippen LogP contribution in [-0.4, -0.2) is 4.57 Å². The van der Waals surface area contributed by atoms with Crippen LogP contribution < -0.4 is 5.32 Å². The Bertz CT molecular complexity index is 2780. The summed E-state index contributed by atoms with van der Waals surface area (Å²) in [5.74, 6) is 0. The molecule has 8 rings (SSSR count). The summed E-state index contributed by atoms with van der Waals surface area (Å²) in [5, 5.41) is 35.1. The molecule has 0 bridgehead atoms. The van der Waals surface area contributed by atoms with E-state index < -0.39 is 0 Å². The van der Waals surface area contributed by atoms with Gasteiger partial charge in [0, 0.05) is 33.3 Å². The maximum Gasteiger partial charge on any atom is 0.0992 e. The van der Waals surface area contributed by atoms with Crippen molar-refractivity contribution >= 4 is 33.2 Å². The second kappa shape index (κ2) is 12.9. The fraction of sp³-hybridized carbons (Fsp3) is 0.0217. The molecule has 0 aliphatic carbocycles. The Balaban J connectivity index is 1.22. The molecule has 0 amide bonds. The van der Waals surface area contributed by atoms with Crippen LogP contribution in [0.2, 0.25) is 0 Å². The molecule has 238 valence electrons. The van der Waals surface area contributed by atoms with Gasteiger partial charge in [-0.1, -0.05) is 72.8 Å². The summed E-state index contributed by atoms with van der Waals surface area (Å²) < 4.78 is 2.25. The maximum absolute atomic E-state index is 10.2. The smallest absolute Gasteiger partial charge is 0.0992 e. The third-order valence-corrected chi connectivity index (χ3v) is 9.38. The predicted octanol–water partition coefficient (Wildman–Crippen LogP) is 11.5. The van der Waals surface area contributed by atoms with E-state index >= 15 is 0 Å². The zero-order valence-electron chi connectivity index (χ0n) is 27.7. The first-order chi connectivity index (χ1) is 25.0. The lowest BCUT2D eigenvalue weighted by molar-refractivity contribution is 1.18. The van der Waals surface area contributed by atoms with Gasteiger partial charge in [0.25, 0.3) is 0 Å². The normalized spacial score (nSPS) is 10.8. The number of hydrogen-bond acceptors (Lipinski definition) is 4. The number of nitriles is 3. The van der Waals surface area contributed by atoms with Crippen LogP contribution in [0.4, 0.5) is 11.4 Å². The minimum Gasteiger partial charge on any atom is -0.355 e. The largest absolute Gasteiger partial charge is 0.355 e. The van der Waals surface area contributed by atoms with E-state index in [0.29, 0.717) is 16.7 Å². The minimum absolute atomic E-state index is 0.565. The zero-order chi connectivity index (χ0) is 34.9. The summed E-state index contributed by atoms with van der Waals surface area (Å²) >= 11 is 0. The number of nitrogens with zero attached hydrogens (tertiary/aromatic N) is 4. The lowest BCUT2D eigenvalue weighted by Crippen LogP contribution is -1.98. The van der Waals surface area contributed by atoms with Gasteiger partial charge in [-0.3, -0.25) is 0 Å². The van der Waals surface area contributed by atoms with Crippen LogP contribution in [0, 0.1) is 40.9 Å².